The van der Waals surface area contributed by atoms with Crippen LogP contribution in [0.1, 0.15) is 67.2 Å². The summed E-state index contributed by atoms with van der Waals surface area (Å²) in [7, 11) is 0. The number of nitrogens with one attached hydrogen (secondary N) is 1. The quantitative estimate of drug-likeness (QED) is 0.742. The van der Waals surface area contributed by atoms with E-state index in [-0.39, 0.29) is 6.04 Å². The van der Waals surface area contributed by atoms with Gasteiger partial charge in [-0.1, -0.05) is 6.07 Å². The molecule has 0 saturated carbocycles. The van der Waals surface area contributed by atoms with Crippen molar-refractivity contribution in [2.45, 2.75) is 57.4 Å². The first kappa shape index (κ1) is 17.6. The van der Waals surface area contributed by atoms with Gasteiger partial charge in [0.1, 0.15) is 5.82 Å². The molecule has 1 unspecified atom stereocenters. The van der Waals surface area contributed by atoms with Crippen LogP contribution in [0, 0.1) is 0 Å². The molecule has 1 atom stereocenters. The van der Waals surface area contributed by atoms with Crippen LogP contribution in [0.2, 0.25) is 0 Å². The predicted octanol–water partition coefficient (Wildman–Crippen LogP) is 4.07. The molecule has 6 nitrogen and oxygen atoms in total. The number of anilines is 1. The van der Waals surface area contributed by atoms with Crippen molar-refractivity contribution < 1.29 is 4.74 Å². The second-order valence-corrected chi connectivity index (χ2v) is 7.94. The fraction of sp³-hybridized carbons (Fsp3) is 0.500. The minimum Gasteiger partial charge on any atom is -0.381 e. The molecule has 28 heavy (non-hydrogen) atoms. The fourth-order valence-electron chi connectivity index (χ4n) is 4.42. The lowest BCUT2D eigenvalue weighted by atomic mass is 9.96. The normalized spacial score (nSPS) is 18.8. The Balaban J connectivity index is 1.57. The van der Waals surface area contributed by atoms with Crippen LogP contribution in [-0.4, -0.2) is 32.8 Å². The number of nitrogens with zero attached hydrogens (tertiary/aromatic N) is 4. The van der Waals surface area contributed by atoms with E-state index in [0.717, 1.165) is 61.7 Å². The van der Waals surface area contributed by atoms with Crippen LogP contribution in [0.3, 0.4) is 0 Å². The first-order valence-electron chi connectivity index (χ1n) is 10.5. The largest absolute Gasteiger partial charge is 0.381 e. The summed E-state index contributed by atoms with van der Waals surface area (Å²) in [5.74, 6) is 1.56. The van der Waals surface area contributed by atoms with Crippen molar-refractivity contribution in [1.82, 2.24) is 19.6 Å². The highest BCUT2D eigenvalue weighted by Crippen LogP contribution is 2.32. The number of hydrogen-bond acceptors (Lipinski definition) is 5. The lowest BCUT2D eigenvalue weighted by Crippen LogP contribution is -2.18. The van der Waals surface area contributed by atoms with Gasteiger partial charge in [-0.25, -0.2) is 4.98 Å². The Labute approximate surface area is 165 Å². The summed E-state index contributed by atoms with van der Waals surface area (Å²) in [6.07, 6.45) is 8.46. The monoisotopic (exact) mass is 377 g/mol. The van der Waals surface area contributed by atoms with E-state index in [9.17, 15) is 0 Å². The molecule has 2 aliphatic rings. The Morgan fingerprint density at radius 2 is 2.04 bits per heavy atom. The molecular formula is C22H27N5O. The molecule has 0 radical (unpaired) electrons. The highest BCUT2D eigenvalue weighted by molar-refractivity contribution is 5.58. The standard InChI is InChI=1S/C22H27N5O/c1-15(18-7-4-5-11-23-18)24-22-17-6-2-3-8-19(17)25-21-14-20(26-27(21)22)16-9-12-28-13-10-16/h4-5,7,11,14-16,24H,2-3,6,8-10,12-13H2,1H3. The van der Waals surface area contributed by atoms with Gasteiger partial charge in [0.05, 0.1) is 17.4 Å². The van der Waals surface area contributed by atoms with E-state index < -0.39 is 0 Å². The summed E-state index contributed by atoms with van der Waals surface area (Å²) in [4.78, 5) is 9.51. The number of ether oxygens (including phenoxy) is 1. The molecule has 3 aromatic rings. The summed E-state index contributed by atoms with van der Waals surface area (Å²) in [6.45, 7) is 3.81. The van der Waals surface area contributed by atoms with Gasteiger partial charge in [0.2, 0.25) is 0 Å². The van der Waals surface area contributed by atoms with Gasteiger partial charge in [-0.2, -0.15) is 9.61 Å². The number of rotatable bonds is 4. The molecule has 0 amide bonds. The molecule has 5 rings (SSSR count). The Kier molecular flexibility index (Phi) is 4.72. The van der Waals surface area contributed by atoms with E-state index >= 15 is 0 Å². The van der Waals surface area contributed by atoms with Crippen LogP contribution in [0.15, 0.2) is 30.5 Å². The highest BCUT2D eigenvalue weighted by Gasteiger charge is 2.24. The molecule has 6 heteroatoms. The van der Waals surface area contributed by atoms with E-state index in [1.807, 2.05) is 22.8 Å². The van der Waals surface area contributed by atoms with Gasteiger partial charge in [-0.15, -0.1) is 0 Å². The number of pyridine rings is 1. The molecule has 0 spiro atoms. The first-order valence-corrected chi connectivity index (χ1v) is 10.5. The molecule has 1 aliphatic heterocycles. The van der Waals surface area contributed by atoms with E-state index in [1.54, 1.807) is 0 Å². The third-order valence-corrected chi connectivity index (χ3v) is 6.02. The van der Waals surface area contributed by atoms with Crippen molar-refractivity contribution >= 4 is 11.5 Å². The second-order valence-electron chi connectivity index (χ2n) is 7.94. The molecule has 1 saturated heterocycles. The second kappa shape index (κ2) is 7.51. The first-order chi connectivity index (χ1) is 13.8. The minimum absolute atomic E-state index is 0.105. The molecule has 0 bridgehead atoms. The van der Waals surface area contributed by atoms with Crippen molar-refractivity contribution in [2.24, 2.45) is 0 Å². The maximum atomic E-state index is 5.53. The van der Waals surface area contributed by atoms with Crippen molar-refractivity contribution in [3.05, 3.63) is 53.1 Å². The van der Waals surface area contributed by atoms with Crippen molar-refractivity contribution in [3.8, 4) is 0 Å². The molecule has 3 aromatic heterocycles. The Hall–Kier alpha value is -2.47. The van der Waals surface area contributed by atoms with Gasteiger partial charge in [0.25, 0.3) is 0 Å². The number of aryl methyl sites for hydroxylation is 1. The lowest BCUT2D eigenvalue weighted by Gasteiger charge is -2.23. The third kappa shape index (κ3) is 3.26. The summed E-state index contributed by atoms with van der Waals surface area (Å²) in [6, 6.07) is 8.35. The van der Waals surface area contributed by atoms with Gasteiger partial charge in [0.15, 0.2) is 5.65 Å². The maximum Gasteiger partial charge on any atom is 0.157 e. The van der Waals surface area contributed by atoms with E-state index in [2.05, 4.69) is 29.4 Å². The zero-order valence-electron chi connectivity index (χ0n) is 16.4. The van der Waals surface area contributed by atoms with E-state index in [4.69, 9.17) is 14.8 Å². The molecule has 1 N–H and O–H groups in total. The summed E-state index contributed by atoms with van der Waals surface area (Å²) in [5.41, 5.74) is 5.69. The third-order valence-electron chi connectivity index (χ3n) is 6.02. The lowest BCUT2D eigenvalue weighted by molar-refractivity contribution is 0.0844. The van der Waals surface area contributed by atoms with Crippen LogP contribution in [0.4, 0.5) is 5.82 Å². The smallest absolute Gasteiger partial charge is 0.157 e. The number of hydrogen-bond donors (Lipinski definition) is 1. The number of fused-ring (bicyclic) bond motifs is 2. The zero-order valence-corrected chi connectivity index (χ0v) is 16.4. The van der Waals surface area contributed by atoms with Crippen LogP contribution < -0.4 is 5.32 Å². The van der Waals surface area contributed by atoms with Crippen molar-refractivity contribution in [1.29, 1.82) is 0 Å². The summed E-state index contributed by atoms with van der Waals surface area (Å²) >= 11 is 0. The highest BCUT2D eigenvalue weighted by atomic mass is 16.5. The Morgan fingerprint density at radius 3 is 2.86 bits per heavy atom. The van der Waals surface area contributed by atoms with Crippen LogP contribution in [0.5, 0.6) is 0 Å². The number of aromatic nitrogens is 4. The summed E-state index contributed by atoms with van der Waals surface area (Å²) in [5, 5.41) is 8.73. The van der Waals surface area contributed by atoms with Gasteiger partial charge in [-0.3, -0.25) is 4.98 Å². The summed E-state index contributed by atoms with van der Waals surface area (Å²) < 4.78 is 7.57. The molecular weight excluding hydrogens is 350 g/mol. The topological polar surface area (TPSA) is 64.3 Å². The van der Waals surface area contributed by atoms with Gasteiger partial charge in [-0.05, 0) is 57.6 Å². The Morgan fingerprint density at radius 1 is 1.18 bits per heavy atom. The average Bonchev–Trinajstić information content (AvgIpc) is 3.19. The Bertz CT molecular complexity index is 962. The maximum absolute atomic E-state index is 5.53. The van der Waals surface area contributed by atoms with E-state index in [1.165, 1.54) is 24.1 Å². The van der Waals surface area contributed by atoms with Crippen molar-refractivity contribution in [2.75, 3.05) is 18.5 Å². The fourth-order valence-corrected chi connectivity index (χ4v) is 4.42. The predicted molar refractivity (Wildman–Crippen MR) is 109 cm³/mol. The SMILES string of the molecule is CC(Nc1c2c(nc3cc(C4CCOCC4)nn13)CCCC2)c1ccccn1. The van der Waals surface area contributed by atoms with Crippen LogP contribution in [-0.2, 0) is 17.6 Å². The van der Waals surface area contributed by atoms with Crippen molar-refractivity contribution in [3.63, 3.8) is 0 Å². The van der Waals surface area contributed by atoms with Gasteiger partial charge < -0.3 is 10.1 Å². The molecule has 4 heterocycles. The average molecular weight is 377 g/mol. The van der Waals surface area contributed by atoms with E-state index in [0.29, 0.717) is 5.92 Å². The molecule has 1 aliphatic carbocycles. The van der Waals surface area contributed by atoms with Crippen LogP contribution >= 0.6 is 0 Å². The van der Waals surface area contributed by atoms with Gasteiger partial charge in [0, 0.05) is 42.7 Å². The van der Waals surface area contributed by atoms with Gasteiger partial charge >= 0.3 is 0 Å². The minimum atomic E-state index is 0.105. The molecule has 0 aromatic carbocycles. The zero-order chi connectivity index (χ0) is 18.9. The molecule has 146 valence electrons. The van der Waals surface area contributed by atoms with Crippen LogP contribution in [0.25, 0.3) is 5.65 Å². The molecule has 1 fully saturated rings.